The lowest BCUT2D eigenvalue weighted by Crippen LogP contribution is -2.27. The SMILES string of the molecule is CCn1nc(C)c(S(=O)(=O)N[C@H](C)c2ccc(C(C)C)cc2)c1C. The van der Waals surface area contributed by atoms with E-state index in [1.54, 1.807) is 18.5 Å². The van der Waals surface area contributed by atoms with Crippen LogP contribution < -0.4 is 4.72 Å². The maximum Gasteiger partial charge on any atom is 0.244 e. The third-order valence-corrected chi connectivity index (χ3v) is 6.11. The van der Waals surface area contributed by atoms with Crippen molar-refractivity contribution in [2.45, 2.75) is 64.9 Å². The molecule has 0 fully saturated rings. The van der Waals surface area contributed by atoms with E-state index in [9.17, 15) is 8.42 Å². The fraction of sp³-hybridized carbons (Fsp3) is 0.500. The first-order chi connectivity index (χ1) is 11.2. The minimum Gasteiger partial charge on any atom is -0.268 e. The van der Waals surface area contributed by atoms with Crippen LogP contribution >= 0.6 is 0 Å². The van der Waals surface area contributed by atoms with Gasteiger partial charge in [-0.2, -0.15) is 5.10 Å². The predicted octanol–water partition coefficient (Wildman–Crippen LogP) is 3.68. The van der Waals surface area contributed by atoms with E-state index in [1.165, 1.54) is 5.56 Å². The van der Waals surface area contributed by atoms with E-state index >= 15 is 0 Å². The molecule has 1 aromatic carbocycles. The van der Waals surface area contributed by atoms with Gasteiger partial charge in [-0.15, -0.1) is 0 Å². The monoisotopic (exact) mass is 349 g/mol. The zero-order valence-corrected chi connectivity index (χ0v) is 16.1. The Morgan fingerprint density at radius 3 is 2.08 bits per heavy atom. The standard InChI is InChI=1S/C18H27N3O2S/c1-7-21-15(6)18(14(5)19-21)24(22,23)20-13(4)17-10-8-16(9-11-17)12(2)3/h8-13,20H,7H2,1-6H3/t13-/m1/s1. The number of aryl methyl sites for hydroxylation is 2. The molecule has 1 aromatic heterocycles. The van der Waals surface area contributed by atoms with E-state index in [1.807, 2.05) is 26.0 Å². The Balaban J connectivity index is 2.27. The fourth-order valence-corrected chi connectivity index (χ4v) is 4.55. The molecule has 0 amide bonds. The van der Waals surface area contributed by atoms with Crippen molar-refractivity contribution in [3.8, 4) is 0 Å². The van der Waals surface area contributed by atoms with Crippen LogP contribution in [-0.4, -0.2) is 18.2 Å². The van der Waals surface area contributed by atoms with E-state index in [0.29, 0.717) is 23.9 Å². The normalized spacial score (nSPS) is 13.5. The Labute approximate surface area is 145 Å². The van der Waals surface area contributed by atoms with Gasteiger partial charge in [0.05, 0.1) is 11.4 Å². The van der Waals surface area contributed by atoms with Gasteiger partial charge in [-0.1, -0.05) is 38.1 Å². The van der Waals surface area contributed by atoms with Crippen LogP contribution in [-0.2, 0) is 16.6 Å². The summed E-state index contributed by atoms with van der Waals surface area (Å²) in [7, 11) is -3.62. The summed E-state index contributed by atoms with van der Waals surface area (Å²) in [6.07, 6.45) is 0. The maximum absolute atomic E-state index is 12.8. The highest BCUT2D eigenvalue weighted by atomic mass is 32.2. The zero-order valence-electron chi connectivity index (χ0n) is 15.3. The molecule has 0 aliphatic carbocycles. The van der Waals surface area contributed by atoms with Gasteiger partial charge in [0.15, 0.2) is 0 Å². The Morgan fingerprint density at radius 1 is 1.08 bits per heavy atom. The molecule has 6 heteroatoms. The fourth-order valence-electron chi connectivity index (χ4n) is 2.91. The van der Waals surface area contributed by atoms with Gasteiger partial charge in [-0.05, 0) is 44.7 Å². The van der Waals surface area contributed by atoms with Crippen LogP contribution in [0.1, 0.15) is 62.2 Å². The van der Waals surface area contributed by atoms with Gasteiger partial charge in [-0.3, -0.25) is 4.68 Å². The number of nitrogens with zero attached hydrogens (tertiary/aromatic N) is 2. The summed E-state index contributed by atoms with van der Waals surface area (Å²) in [5.41, 5.74) is 3.39. The number of nitrogens with one attached hydrogen (secondary N) is 1. The minimum absolute atomic E-state index is 0.287. The van der Waals surface area contributed by atoms with Crippen LogP contribution in [0.5, 0.6) is 0 Å². The van der Waals surface area contributed by atoms with Gasteiger partial charge in [0, 0.05) is 12.6 Å². The highest BCUT2D eigenvalue weighted by molar-refractivity contribution is 7.89. The van der Waals surface area contributed by atoms with E-state index in [2.05, 4.69) is 35.8 Å². The number of aromatic nitrogens is 2. The quantitative estimate of drug-likeness (QED) is 0.865. The Bertz CT molecular complexity index is 806. The molecule has 1 N–H and O–H groups in total. The molecule has 2 aromatic rings. The summed E-state index contributed by atoms with van der Waals surface area (Å²) < 4.78 is 30.1. The second-order valence-corrected chi connectivity index (χ2v) is 8.13. The maximum atomic E-state index is 12.8. The minimum atomic E-state index is -3.62. The van der Waals surface area contributed by atoms with Gasteiger partial charge in [-0.25, -0.2) is 13.1 Å². The average molecular weight is 350 g/mol. The molecule has 0 aliphatic rings. The third-order valence-electron chi connectivity index (χ3n) is 4.32. The number of hydrogen-bond acceptors (Lipinski definition) is 3. The molecule has 0 aliphatic heterocycles. The first kappa shape index (κ1) is 18.7. The van der Waals surface area contributed by atoms with Crippen molar-refractivity contribution in [1.29, 1.82) is 0 Å². The van der Waals surface area contributed by atoms with Gasteiger partial charge in [0.25, 0.3) is 0 Å². The summed E-state index contributed by atoms with van der Waals surface area (Å²) in [4.78, 5) is 0.287. The zero-order chi connectivity index (χ0) is 18.1. The number of hydrogen-bond donors (Lipinski definition) is 1. The van der Waals surface area contributed by atoms with E-state index in [4.69, 9.17) is 0 Å². The second kappa shape index (κ2) is 7.07. The summed E-state index contributed by atoms with van der Waals surface area (Å²) >= 11 is 0. The Kier molecular flexibility index (Phi) is 5.50. The topological polar surface area (TPSA) is 64.0 Å². The molecular formula is C18H27N3O2S. The molecule has 132 valence electrons. The van der Waals surface area contributed by atoms with Crippen LogP contribution in [0.25, 0.3) is 0 Å². The molecule has 0 spiro atoms. The first-order valence-corrected chi connectivity index (χ1v) is 9.81. The molecule has 0 saturated heterocycles. The van der Waals surface area contributed by atoms with Crippen LogP contribution in [0, 0.1) is 13.8 Å². The van der Waals surface area contributed by atoms with Gasteiger partial charge in [0.2, 0.25) is 10.0 Å². The first-order valence-electron chi connectivity index (χ1n) is 8.33. The highest BCUT2D eigenvalue weighted by Gasteiger charge is 2.26. The molecular weight excluding hydrogens is 322 g/mol. The predicted molar refractivity (Wildman–Crippen MR) is 96.6 cm³/mol. The van der Waals surface area contributed by atoms with Gasteiger partial charge >= 0.3 is 0 Å². The van der Waals surface area contributed by atoms with Crippen molar-refractivity contribution in [2.75, 3.05) is 0 Å². The van der Waals surface area contributed by atoms with E-state index < -0.39 is 10.0 Å². The second-order valence-electron chi connectivity index (χ2n) is 6.48. The summed E-state index contributed by atoms with van der Waals surface area (Å²) in [6, 6.07) is 7.77. The van der Waals surface area contributed by atoms with E-state index in [0.717, 1.165) is 5.56 Å². The largest absolute Gasteiger partial charge is 0.268 e. The molecule has 24 heavy (non-hydrogen) atoms. The van der Waals surface area contributed by atoms with E-state index in [-0.39, 0.29) is 10.9 Å². The van der Waals surface area contributed by atoms with Crippen molar-refractivity contribution < 1.29 is 8.42 Å². The Morgan fingerprint density at radius 2 is 1.62 bits per heavy atom. The smallest absolute Gasteiger partial charge is 0.244 e. The Hall–Kier alpha value is -1.66. The molecule has 5 nitrogen and oxygen atoms in total. The third kappa shape index (κ3) is 3.70. The van der Waals surface area contributed by atoms with Gasteiger partial charge < -0.3 is 0 Å². The summed E-state index contributed by atoms with van der Waals surface area (Å²) in [6.45, 7) is 12.2. The number of benzene rings is 1. The highest BCUT2D eigenvalue weighted by Crippen LogP contribution is 2.23. The van der Waals surface area contributed by atoms with Crippen LogP contribution in [0.3, 0.4) is 0 Å². The van der Waals surface area contributed by atoms with Crippen molar-refractivity contribution in [1.82, 2.24) is 14.5 Å². The van der Waals surface area contributed by atoms with Crippen molar-refractivity contribution in [2.24, 2.45) is 0 Å². The van der Waals surface area contributed by atoms with Gasteiger partial charge in [0.1, 0.15) is 4.90 Å². The average Bonchev–Trinajstić information content (AvgIpc) is 2.81. The van der Waals surface area contributed by atoms with Crippen LogP contribution in [0.4, 0.5) is 0 Å². The molecule has 0 bridgehead atoms. The number of rotatable bonds is 6. The lowest BCUT2D eigenvalue weighted by molar-refractivity contribution is 0.564. The molecule has 1 heterocycles. The molecule has 0 radical (unpaired) electrons. The molecule has 2 rings (SSSR count). The number of sulfonamides is 1. The summed E-state index contributed by atoms with van der Waals surface area (Å²) in [5.74, 6) is 0.455. The van der Waals surface area contributed by atoms with Crippen molar-refractivity contribution >= 4 is 10.0 Å². The van der Waals surface area contributed by atoms with Crippen molar-refractivity contribution in [3.05, 3.63) is 46.8 Å². The molecule has 0 saturated carbocycles. The van der Waals surface area contributed by atoms with Crippen LogP contribution in [0.15, 0.2) is 29.2 Å². The molecule has 1 atom stereocenters. The van der Waals surface area contributed by atoms with Crippen molar-refractivity contribution in [3.63, 3.8) is 0 Å². The van der Waals surface area contributed by atoms with Crippen LogP contribution in [0.2, 0.25) is 0 Å². The molecule has 0 unspecified atom stereocenters. The lowest BCUT2D eigenvalue weighted by Gasteiger charge is -2.16. The lowest BCUT2D eigenvalue weighted by atomic mass is 10.00. The summed E-state index contributed by atoms with van der Waals surface area (Å²) in [5, 5.41) is 4.30.